The molecule has 0 aromatic heterocycles. The molecule has 0 unspecified atom stereocenters. The van der Waals surface area contributed by atoms with Crippen molar-refractivity contribution in [2.45, 2.75) is 25.4 Å². The third-order valence-electron chi connectivity index (χ3n) is 3.37. The Morgan fingerprint density at radius 3 is 2.68 bits per heavy atom. The summed E-state index contributed by atoms with van der Waals surface area (Å²) in [6, 6.07) is 9.00. The Morgan fingerprint density at radius 2 is 2.26 bits per heavy atom. The van der Waals surface area contributed by atoms with E-state index in [1.54, 1.807) is 24.3 Å². The maximum Gasteiger partial charge on any atom is 0.304 e. The Bertz CT molecular complexity index is 607. The minimum absolute atomic E-state index is 0.484. The standard InChI is InChI=1S/C15H12ClNO2/c1-3-15(19-11(2)18,14(10-17)7-8-14)12-5-4-6-13(16)9-12/h1,4-6,9H,7-8H2,2H3/t15-/m1/s1. The van der Waals surface area contributed by atoms with E-state index >= 15 is 0 Å². The van der Waals surface area contributed by atoms with Crippen molar-refractivity contribution in [3.8, 4) is 18.4 Å². The zero-order chi connectivity index (χ0) is 14.1. The van der Waals surface area contributed by atoms with Crippen LogP contribution < -0.4 is 0 Å². The lowest BCUT2D eigenvalue weighted by Crippen LogP contribution is -2.39. The monoisotopic (exact) mass is 273 g/mol. The number of hydrogen-bond acceptors (Lipinski definition) is 3. The summed E-state index contributed by atoms with van der Waals surface area (Å²) < 4.78 is 5.39. The normalized spacial score (nSPS) is 18.5. The van der Waals surface area contributed by atoms with E-state index in [4.69, 9.17) is 22.8 Å². The molecule has 4 heteroatoms. The minimum Gasteiger partial charge on any atom is -0.440 e. The summed E-state index contributed by atoms with van der Waals surface area (Å²) >= 11 is 5.97. The Morgan fingerprint density at radius 1 is 1.58 bits per heavy atom. The van der Waals surface area contributed by atoms with Gasteiger partial charge in [-0.25, -0.2) is 0 Å². The average Bonchev–Trinajstić information content (AvgIpc) is 3.17. The van der Waals surface area contributed by atoms with E-state index in [2.05, 4.69) is 12.0 Å². The second kappa shape index (κ2) is 4.61. The third-order valence-corrected chi connectivity index (χ3v) is 3.60. The van der Waals surface area contributed by atoms with Gasteiger partial charge in [0.2, 0.25) is 5.60 Å². The number of esters is 1. The molecule has 1 fully saturated rings. The number of carbonyl (C=O) groups excluding carboxylic acids is 1. The van der Waals surface area contributed by atoms with Gasteiger partial charge in [-0.15, -0.1) is 6.42 Å². The van der Waals surface area contributed by atoms with E-state index in [1.807, 2.05) is 0 Å². The van der Waals surface area contributed by atoms with Crippen molar-refractivity contribution >= 4 is 17.6 Å². The SMILES string of the molecule is C#C[C@@](OC(C)=O)(c1cccc(Cl)c1)C1(C#N)CC1. The summed E-state index contributed by atoms with van der Waals surface area (Å²) in [7, 11) is 0. The van der Waals surface area contributed by atoms with Gasteiger partial charge in [-0.3, -0.25) is 4.79 Å². The zero-order valence-corrected chi connectivity index (χ0v) is 11.2. The fraction of sp³-hybridized carbons (Fsp3) is 0.333. The summed E-state index contributed by atoms with van der Waals surface area (Å²) in [5.41, 5.74) is -1.65. The molecule has 1 aromatic rings. The number of halogens is 1. The number of carbonyl (C=O) groups is 1. The molecule has 0 saturated heterocycles. The van der Waals surface area contributed by atoms with Crippen LogP contribution in [0.25, 0.3) is 0 Å². The molecular formula is C15H12ClNO2. The molecule has 1 aliphatic carbocycles. The van der Waals surface area contributed by atoms with Crippen LogP contribution in [0.1, 0.15) is 25.3 Å². The summed E-state index contributed by atoms with van der Waals surface area (Å²) in [5, 5.41) is 9.88. The first-order valence-corrected chi connectivity index (χ1v) is 6.22. The topological polar surface area (TPSA) is 50.1 Å². The van der Waals surface area contributed by atoms with Crippen LogP contribution in [0, 0.1) is 29.1 Å². The highest BCUT2D eigenvalue weighted by atomic mass is 35.5. The molecule has 1 saturated carbocycles. The van der Waals surface area contributed by atoms with Crippen LogP contribution in [0.3, 0.4) is 0 Å². The molecule has 0 heterocycles. The highest BCUT2D eigenvalue weighted by Gasteiger charge is 2.63. The van der Waals surface area contributed by atoms with E-state index in [1.165, 1.54) is 6.92 Å². The van der Waals surface area contributed by atoms with Crippen LogP contribution in [-0.2, 0) is 15.1 Å². The number of ether oxygens (including phenoxy) is 1. The van der Waals surface area contributed by atoms with E-state index in [-0.39, 0.29) is 0 Å². The quantitative estimate of drug-likeness (QED) is 0.628. The fourth-order valence-electron chi connectivity index (χ4n) is 2.27. The Hall–Kier alpha value is -1.97. The van der Waals surface area contributed by atoms with Crippen molar-refractivity contribution in [1.29, 1.82) is 5.26 Å². The number of nitrogens with zero attached hydrogens (tertiary/aromatic N) is 1. The Kier molecular flexibility index (Phi) is 3.27. The predicted octanol–water partition coefficient (Wildman–Crippen LogP) is 3.04. The van der Waals surface area contributed by atoms with Crippen LogP contribution in [0.4, 0.5) is 0 Å². The van der Waals surface area contributed by atoms with Crippen molar-refractivity contribution in [2.75, 3.05) is 0 Å². The first-order chi connectivity index (χ1) is 8.99. The first-order valence-electron chi connectivity index (χ1n) is 5.84. The number of nitriles is 1. The second-order valence-electron chi connectivity index (χ2n) is 4.62. The smallest absolute Gasteiger partial charge is 0.304 e. The zero-order valence-electron chi connectivity index (χ0n) is 10.4. The predicted molar refractivity (Wildman–Crippen MR) is 71.0 cm³/mol. The van der Waals surface area contributed by atoms with E-state index < -0.39 is 17.0 Å². The Labute approximate surface area is 117 Å². The average molecular weight is 274 g/mol. The van der Waals surface area contributed by atoms with Gasteiger partial charge >= 0.3 is 5.97 Å². The van der Waals surface area contributed by atoms with Crippen LogP contribution in [0.15, 0.2) is 24.3 Å². The summed E-state index contributed by atoms with van der Waals surface area (Å²) in [6.45, 7) is 1.28. The van der Waals surface area contributed by atoms with Crippen LogP contribution in [0.2, 0.25) is 5.02 Å². The summed E-state index contributed by atoms with van der Waals surface area (Å²) in [5.74, 6) is 2.01. The summed E-state index contributed by atoms with van der Waals surface area (Å²) in [6.07, 6.45) is 6.83. The molecule has 0 radical (unpaired) electrons. The number of terminal acetylenes is 1. The highest BCUT2D eigenvalue weighted by Crippen LogP contribution is 2.59. The molecular weight excluding hydrogens is 262 g/mol. The highest BCUT2D eigenvalue weighted by molar-refractivity contribution is 6.30. The molecule has 0 amide bonds. The number of benzene rings is 1. The molecule has 3 nitrogen and oxygen atoms in total. The number of rotatable bonds is 3. The van der Waals surface area contributed by atoms with E-state index in [9.17, 15) is 10.1 Å². The van der Waals surface area contributed by atoms with Crippen LogP contribution >= 0.6 is 11.6 Å². The molecule has 1 atom stereocenters. The van der Waals surface area contributed by atoms with Crippen molar-refractivity contribution in [3.63, 3.8) is 0 Å². The van der Waals surface area contributed by atoms with Gasteiger partial charge in [0.05, 0.1) is 6.07 Å². The van der Waals surface area contributed by atoms with Crippen LogP contribution in [-0.4, -0.2) is 5.97 Å². The van der Waals surface area contributed by atoms with Crippen LogP contribution in [0.5, 0.6) is 0 Å². The fourth-order valence-corrected chi connectivity index (χ4v) is 2.46. The maximum atomic E-state index is 11.4. The molecule has 0 N–H and O–H groups in total. The summed E-state index contributed by atoms with van der Waals surface area (Å²) in [4.78, 5) is 11.4. The lowest BCUT2D eigenvalue weighted by atomic mass is 9.79. The Balaban J connectivity index is 2.61. The van der Waals surface area contributed by atoms with Gasteiger partial charge in [-0.2, -0.15) is 5.26 Å². The van der Waals surface area contributed by atoms with Crippen molar-refractivity contribution in [3.05, 3.63) is 34.9 Å². The second-order valence-corrected chi connectivity index (χ2v) is 5.06. The van der Waals surface area contributed by atoms with Gasteiger partial charge in [-0.05, 0) is 25.0 Å². The minimum atomic E-state index is -1.36. The first kappa shape index (κ1) is 13.5. The molecule has 1 aliphatic rings. The van der Waals surface area contributed by atoms with E-state index in [0.717, 1.165) is 0 Å². The van der Waals surface area contributed by atoms with Crippen molar-refractivity contribution in [2.24, 2.45) is 5.41 Å². The molecule has 2 rings (SSSR count). The largest absolute Gasteiger partial charge is 0.440 e. The molecule has 0 bridgehead atoms. The third kappa shape index (κ3) is 2.07. The van der Waals surface area contributed by atoms with Crippen molar-refractivity contribution < 1.29 is 9.53 Å². The van der Waals surface area contributed by atoms with E-state index in [0.29, 0.717) is 23.4 Å². The maximum absolute atomic E-state index is 11.4. The van der Waals surface area contributed by atoms with Gasteiger partial charge in [0.15, 0.2) is 0 Å². The molecule has 0 aliphatic heterocycles. The van der Waals surface area contributed by atoms with Gasteiger partial charge in [0.1, 0.15) is 5.41 Å². The van der Waals surface area contributed by atoms with Gasteiger partial charge in [-0.1, -0.05) is 29.7 Å². The van der Waals surface area contributed by atoms with Gasteiger partial charge in [0, 0.05) is 17.5 Å². The lowest BCUT2D eigenvalue weighted by molar-refractivity contribution is -0.156. The van der Waals surface area contributed by atoms with Crippen molar-refractivity contribution in [1.82, 2.24) is 0 Å². The molecule has 0 spiro atoms. The number of hydrogen-bond donors (Lipinski definition) is 0. The van der Waals surface area contributed by atoms with Gasteiger partial charge < -0.3 is 4.74 Å². The molecule has 1 aromatic carbocycles. The van der Waals surface area contributed by atoms with Gasteiger partial charge in [0.25, 0.3) is 0 Å². The molecule has 96 valence electrons. The molecule has 19 heavy (non-hydrogen) atoms. The lowest BCUT2D eigenvalue weighted by Gasteiger charge is -2.32.